The summed E-state index contributed by atoms with van der Waals surface area (Å²) in [5, 5.41) is 1.58. The second kappa shape index (κ2) is 10.9. The van der Waals surface area contributed by atoms with Gasteiger partial charge in [-0.05, 0) is 29.9 Å². The molecule has 0 aliphatic rings. The van der Waals surface area contributed by atoms with Crippen molar-refractivity contribution >= 4 is 35.0 Å². The number of thioether (sulfide) groups is 1. The van der Waals surface area contributed by atoms with Gasteiger partial charge in [0.1, 0.15) is 0 Å². The van der Waals surface area contributed by atoms with Crippen molar-refractivity contribution in [2.45, 2.75) is 57.6 Å². The van der Waals surface area contributed by atoms with Crippen molar-refractivity contribution in [1.29, 1.82) is 0 Å². The van der Waals surface area contributed by atoms with Gasteiger partial charge in [0.15, 0.2) is 0 Å². The maximum atomic E-state index is 6.14. The average molecular weight is 319 g/mol. The maximum Gasteiger partial charge on any atom is 0.0461 e. The van der Waals surface area contributed by atoms with Crippen molar-refractivity contribution in [3.63, 3.8) is 0 Å². The van der Waals surface area contributed by atoms with E-state index < -0.39 is 0 Å². The number of rotatable bonds is 10. The molecule has 0 nitrogen and oxygen atoms in total. The second-order valence-corrected chi connectivity index (χ2v) is 6.79. The Morgan fingerprint density at radius 3 is 2.11 bits per heavy atom. The van der Waals surface area contributed by atoms with E-state index in [2.05, 4.69) is 6.92 Å². The molecule has 0 aromatic heterocycles. The lowest BCUT2D eigenvalue weighted by molar-refractivity contribution is 0.603. The fraction of sp³-hybridized carbons (Fsp3) is 0.625. The first-order valence-electron chi connectivity index (χ1n) is 7.26. The van der Waals surface area contributed by atoms with Crippen LogP contribution in [0.4, 0.5) is 0 Å². The third-order valence-corrected chi connectivity index (χ3v) is 4.98. The van der Waals surface area contributed by atoms with E-state index in [1.54, 1.807) is 0 Å². The molecule has 19 heavy (non-hydrogen) atoms. The second-order valence-electron chi connectivity index (χ2n) is 4.87. The lowest BCUT2D eigenvalue weighted by atomic mass is 10.1. The summed E-state index contributed by atoms with van der Waals surface area (Å²) in [6, 6.07) is 5.73. The summed E-state index contributed by atoms with van der Waals surface area (Å²) in [5.74, 6) is 2.13. The van der Waals surface area contributed by atoms with Crippen LogP contribution in [-0.2, 0) is 5.75 Å². The number of halogens is 2. The Hall–Kier alpha value is 0.150. The fourth-order valence-electron chi connectivity index (χ4n) is 2.01. The van der Waals surface area contributed by atoms with Gasteiger partial charge in [-0.15, -0.1) is 0 Å². The molecule has 0 heterocycles. The Morgan fingerprint density at radius 1 is 0.895 bits per heavy atom. The molecule has 0 fully saturated rings. The normalized spacial score (nSPS) is 10.9. The first-order valence-corrected chi connectivity index (χ1v) is 9.17. The van der Waals surface area contributed by atoms with E-state index >= 15 is 0 Å². The molecule has 0 saturated carbocycles. The summed E-state index contributed by atoms with van der Waals surface area (Å²) in [7, 11) is 0. The Labute approximate surface area is 132 Å². The van der Waals surface area contributed by atoms with Crippen LogP contribution < -0.4 is 0 Å². The highest BCUT2D eigenvalue weighted by atomic mass is 35.5. The third-order valence-electron chi connectivity index (χ3n) is 3.20. The molecule has 0 amide bonds. The molecule has 0 atom stereocenters. The molecular formula is C16H24Cl2S. The zero-order chi connectivity index (χ0) is 13.9. The summed E-state index contributed by atoms with van der Waals surface area (Å²) < 4.78 is 0. The van der Waals surface area contributed by atoms with Crippen LogP contribution in [0, 0.1) is 0 Å². The summed E-state index contributed by atoms with van der Waals surface area (Å²) in [5.41, 5.74) is 1.08. The zero-order valence-electron chi connectivity index (χ0n) is 11.8. The van der Waals surface area contributed by atoms with Gasteiger partial charge in [0.2, 0.25) is 0 Å². The third kappa shape index (κ3) is 7.48. The lowest BCUT2D eigenvalue weighted by Crippen LogP contribution is -1.87. The Kier molecular flexibility index (Phi) is 9.85. The van der Waals surface area contributed by atoms with E-state index in [0.29, 0.717) is 0 Å². The highest BCUT2D eigenvalue weighted by Crippen LogP contribution is 2.28. The van der Waals surface area contributed by atoms with E-state index in [1.165, 1.54) is 50.7 Å². The van der Waals surface area contributed by atoms with Crippen molar-refractivity contribution < 1.29 is 0 Å². The van der Waals surface area contributed by atoms with Crippen LogP contribution >= 0.6 is 35.0 Å². The number of unbranched alkanes of at least 4 members (excludes halogenated alkanes) is 6. The summed E-state index contributed by atoms with van der Waals surface area (Å²) >= 11 is 14.2. The van der Waals surface area contributed by atoms with Gasteiger partial charge in [-0.3, -0.25) is 0 Å². The van der Waals surface area contributed by atoms with Crippen LogP contribution in [0.5, 0.6) is 0 Å². The standard InChI is InChI=1S/C16H24Cl2S/c1-2-3-4-5-6-7-8-12-19-13-14-15(17)10-9-11-16(14)18/h9-11H,2-8,12-13H2,1H3. The van der Waals surface area contributed by atoms with Crippen LogP contribution in [-0.4, -0.2) is 5.75 Å². The minimum atomic E-state index is 0.791. The maximum absolute atomic E-state index is 6.14. The van der Waals surface area contributed by atoms with Crippen LogP contribution in [0.1, 0.15) is 57.4 Å². The van der Waals surface area contributed by atoms with Gasteiger partial charge in [0, 0.05) is 15.8 Å². The molecule has 0 spiro atoms. The van der Waals surface area contributed by atoms with Gasteiger partial charge >= 0.3 is 0 Å². The van der Waals surface area contributed by atoms with Crippen molar-refractivity contribution in [1.82, 2.24) is 0 Å². The molecule has 108 valence electrons. The molecule has 1 rings (SSSR count). The molecule has 1 aromatic carbocycles. The van der Waals surface area contributed by atoms with Crippen LogP contribution in [0.2, 0.25) is 10.0 Å². The van der Waals surface area contributed by atoms with Crippen LogP contribution in [0.15, 0.2) is 18.2 Å². The monoisotopic (exact) mass is 318 g/mol. The first kappa shape index (κ1) is 17.2. The molecule has 0 radical (unpaired) electrons. The summed E-state index contributed by atoms with van der Waals surface area (Å²) in [6.07, 6.45) is 9.56. The van der Waals surface area contributed by atoms with Crippen LogP contribution in [0.3, 0.4) is 0 Å². The van der Waals surface area contributed by atoms with E-state index in [9.17, 15) is 0 Å². The average Bonchev–Trinajstić information content (AvgIpc) is 2.40. The molecular weight excluding hydrogens is 295 g/mol. The van der Waals surface area contributed by atoms with Gasteiger partial charge < -0.3 is 0 Å². The van der Waals surface area contributed by atoms with Gasteiger partial charge in [-0.1, -0.05) is 74.7 Å². The Morgan fingerprint density at radius 2 is 1.47 bits per heavy atom. The number of benzene rings is 1. The van der Waals surface area contributed by atoms with Gasteiger partial charge in [0.05, 0.1) is 0 Å². The number of hydrogen-bond donors (Lipinski definition) is 0. The predicted octanol–water partition coefficient (Wildman–Crippen LogP) is 6.98. The molecule has 0 unspecified atom stereocenters. The minimum absolute atomic E-state index is 0.791. The minimum Gasteiger partial charge on any atom is -0.157 e. The predicted molar refractivity (Wildman–Crippen MR) is 90.6 cm³/mol. The molecule has 0 saturated heterocycles. The van der Waals surface area contributed by atoms with Crippen molar-refractivity contribution in [2.24, 2.45) is 0 Å². The lowest BCUT2D eigenvalue weighted by Gasteiger charge is -2.06. The van der Waals surface area contributed by atoms with E-state index in [1.807, 2.05) is 30.0 Å². The zero-order valence-corrected chi connectivity index (χ0v) is 14.1. The molecule has 0 N–H and O–H groups in total. The van der Waals surface area contributed by atoms with Gasteiger partial charge in [-0.25, -0.2) is 0 Å². The van der Waals surface area contributed by atoms with Crippen LogP contribution in [0.25, 0.3) is 0 Å². The van der Waals surface area contributed by atoms with Gasteiger partial charge in [0.25, 0.3) is 0 Å². The van der Waals surface area contributed by atoms with E-state index in [4.69, 9.17) is 23.2 Å². The summed E-state index contributed by atoms with van der Waals surface area (Å²) in [4.78, 5) is 0. The van der Waals surface area contributed by atoms with E-state index in [-0.39, 0.29) is 0 Å². The van der Waals surface area contributed by atoms with Gasteiger partial charge in [-0.2, -0.15) is 11.8 Å². The van der Waals surface area contributed by atoms with E-state index in [0.717, 1.165) is 21.4 Å². The quantitative estimate of drug-likeness (QED) is 0.419. The molecule has 3 heteroatoms. The van der Waals surface area contributed by atoms with Crippen molar-refractivity contribution in [2.75, 3.05) is 5.75 Å². The number of hydrogen-bond acceptors (Lipinski definition) is 1. The molecule has 0 aliphatic heterocycles. The fourth-order valence-corrected chi connectivity index (χ4v) is 3.76. The van der Waals surface area contributed by atoms with Crippen molar-refractivity contribution in [3.8, 4) is 0 Å². The SMILES string of the molecule is CCCCCCCCCSCc1c(Cl)cccc1Cl. The molecule has 0 aliphatic carbocycles. The molecule has 0 bridgehead atoms. The summed E-state index contributed by atoms with van der Waals surface area (Å²) in [6.45, 7) is 2.26. The topological polar surface area (TPSA) is 0 Å². The van der Waals surface area contributed by atoms with Crippen molar-refractivity contribution in [3.05, 3.63) is 33.8 Å². The first-order chi connectivity index (χ1) is 9.25. The largest absolute Gasteiger partial charge is 0.157 e. The molecule has 1 aromatic rings. The smallest absolute Gasteiger partial charge is 0.0461 e. The Bertz CT molecular complexity index is 332. The highest BCUT2D eigenvalue weighted by Gasteiger charge is 2.04. The Balaban J connectivity index is 2.05. The highest BCUT2D eigenvalue weighted by molar-refractivity contribution is 7.98.